The molecule has 0 aliphatic carbocycles. The fourth-order valence-electron chi connectivity index (χ4n) is 1.99. The zero-order valence-corrected chi connectivity index (χ0v) is 12.8. The van der Waals surface area contributed by atoms with Gasteiger partial charge in [-0.1, -0.05) is 24.6 Å². The van der Waals surface area contributed by atoms with E-state index in [9.17, 15) is 9.59 Å². The molecule has 1 unspecified atom stereocenters. The minimum Gasteiger partial charge on any atom is -0.340 e. The molecule has 2 amide bonds. The lowest BCUT2D eigenvalue weighted by atomic mass is 10.2. The van der Waals surface area contributed by atoms with Crippen LogP contribution in [0, 0.1) is 6.92 Å². The molecule has 0 fully saturated rings. The van der Waals surface area contributed by atoms with Crippen LogP contribution in [-0.4, -0.2) is 29.3 Å². The number of rotatable bonds is 6. The van der Waals surface area contributed by atoms with E-state index in [1.807, 2.05) is 45.0 Å². The maximum Gasteiger partial charge on any atom is 0.226 e. The Morgan fingerprint density at radius 1 is 1.25 bits per heavy atom. The van der Waals surface area contributed by atoms with Crippen molar-refractivity contribution in [3.8, 4) is 0 Å². The van der Waals surface area contributed by atoms with E-state index in [2.05, 4.69) is 5.32 Å². The van der Waals surface area contributed by atoms with Gasteiger partial charge in [-0.15, -0.1) is 0 Å². The number of nitrogens with zero attached hydrogens (tertiary/aromatic N) is 1. The van der Waals surface area contributed by atoms with Crippen LogP contribution in [0.3, 0.4) is 0 Å². The van der Waals surface area contributed by atoms with Crippen LogP contribution in [0.15, 0.2) is 24.3 Å². The highest BCUT2D eigenvalue weighted by molar-refractivity contribution is 5.91. The third-order valence-electron chi connectivity index (χ3n) is 3.44. The fourth-order valence-corrected chi connectivity index (χ4v) is 1.99. The number of anilines is 1. The van der Waals surface area contributed by atoms with Gasteiger partial charge in [0.15, 0.2) is 0 Å². The van der Waals surface area contributed by atoms with Crippen molar-refractivity contribution in [1.29, 1.82) is 0 Å². The van der Waals surface area contributed by atoms with Crippen molar-refractivity contribution < 1.29 is 9.59 Å². The first kappa shape index (κ1) is 16.2. The van der Waals surface area contributed by atoms with Gasteiger partial charge >= 0.3 is 0 Å². The van der Waals surface area contributed by atoms with Crippen LogP contribution < -0.4 is 5.32 Å². The highest BCUT2D eigenvalue weighted by Crippen LogP contribution is 2.10. The number of nitrogens with one attached hydrogen (secondary N) is 1. The standard InChI is InChI=1S/C16H24N2O2/c1-5-13(3)18(14(4)19)11-10-16(20)17-15-8-6-12(2)7-9-15/h6-9,13H,5,10-11H2,1-4H3,(H,17,20). The normalized spacial score (nSPS) is 11.8. The fraction of sp³-hybridized carbons (Fsp3) is 0.500. The molecule has 0 aliphatic heterocycles. The molecular formula is C16H24N2O2. The van der Waals surface area contributed by atoms with Crippen LogP contribution in [0.1, 0.15) is 39.2 Å². The summed E-state index contributed by atoms with van der Waals surface area (Å²) in [5.74, 6) is -0.0501. The SMILES string of the molecule is CCC(C)N(CCC(=O)Nc1ccc(C)cc1)C(C)=O. The number of carbonyl (C=O) groups excluding carboxylic acids is 2. The largest absolute Gasteiger partial charge is 0.340 e. The summed E-state index contributed by atoms with van der Waals surface area (Å²) < 4.78 is 0. The molecule has 0 heterocycles. The zero-order chi connectivity index (χ0) is 15.1. The molecule has 4 nitrogen and oxygen atoms in total. The van der Waals surface area contributed by atoms with Gasteiger partial charge in [0.2, 0.25) is 11.8 Å². The monoisotopic (exact) mass is 276 g/mol. The molecule has 0 saturated heterocycles. The van der Waals surface area contributed by atoms with Gasteiger partial charge in [-0.05, 0) is 32.4 Å². The van der Waals surface area contributed by atoms with E-state index in [0.29, 0.717) is 13.0 Å². The minimum absolute atomic E-state index is 0.0162. The third kappa shape index (κ3) is 5.03. The molecule has 0 aromatic heterocycles. The second-order valence-electron chi connectivity index (χ2n) is 5.13. The summed E-state index contributed by atoms with van der Waals surface area (Å²) in [6.07, 6.45) is 1.21. The molecule has 0 bridgehead atoms. The molecule has 1 N–H and O–H groups in total. The molecule has 0 saturated carbocycles. The van der Waals surface area contributed by atoms with Crippen molar-refractivity contribution in [1.82, 2.24) is 4.90 Å². The minimum atomic E-state index is -0.0663. The van der Waals surface area contributed by atoms with Crippen molar-refractivity contribution in [2.24, 2.45) is 0 Å². The van der Waals surface area contributed by atoms with E-state index >= 15 is 0 Å². The Bertz CT molecular complexity index is 454. The van der Waals surface area contributed by atoms with E-state index in [0.717, 1.165) is 17.7 Å². The highest BCUT2D eigenvalue weighted by atomic mass is 16.2. The lowest BCUT2D eigenvalue weighted by Crippen LogP contribution is -2.38. The van der Waals surface area contributed by atoms with E-state index < -0.39 is 0 Å². The summed E-state index contributed by atoms with van der Waals surface area (Å²) in [7, 11) is 0. The maximum atomic E-state index is 11.9. The van der Waals surface area contributed by atoms with Crippen molar-refractivity contribution in [2.45, 2.75) is 46.6 Å². The predicted molar refractivity (Wildman–Crippen MR) is 81.6 cm³/mol. The Hall–Kier alpha value is -1.84. The molecule has 0 spiro atoms. The summed E-state index contributed by atoms with van der Waals surface area (Å²) in [5.41, 5.74) is 1.95. The highest BCUT2D eigenvalue weighted by Gasteiger charge is 2.16. The van der Waals surface area contributed by atoms with Crippen LogP contribution in [0.2, 0.25) is 0 Å². The van der Waals surface area contributed by atoms with E-state index in [1.165, 1.54) is 0 Å². The second-order valence-corrected chi connectivity index (χ2v) is 5.13. The van der Waals surface area contributed by atoms with Crippen molar-refractivity contribution in [3.05, 3.63) is 29.8 Å². The topological polar surface area (TPSA) is 49.4 Å². The summed E-state index contributed by atoms with van der Waals surface area (Å²) >= 11 is 0. The quantitative estimate of drug-likeness (QED) is 0.868. The van der Waals surface area contributed by atoms with Gasteiger partial charge in [0.25, 0.3) is 0 Å². The molecule has 1 atom stereocenters. The Morgan fingerprint density at radius 2 is 1.85 bits per heavy atom. The molecule has 0 aliphatic rings. The average molecular weight is 276 g/mol. The van der Waals surface area contributed by atoms with Gasteiger partial charge in [0.1, 0.15) is 0 Å². The smallest absolute Gasteiger partial charge is 0.226 e. The molecule has 4 heteroatoms. The number of amides is 2. The number of hydrogen-bond donors (Lipinski definition) is 1. The summed E-state index contributed by atoms with van der Waals surface area (Å²) in [4.78, 5) is 25.2. The number of benzene rings is 1. The first-order chi connectivity index (χ1) is 9.43. The van der Waals surface area contributed by atoms with E-state index in [1.54, 1.807) is 11.8 Å². The molecule has 0 radical (unpaired) electrons. The van der Waals surface area contributed by atoms with E-state index in [-0.39, 0.29) is 17.9 Å². The number of aryl methyl sites for hydroxylation is 1. The Morgan fingerprint density at radius 3 is 2.35 bits per heavy atom. The van der Waals surface area contributed by atoms with Gasteiger partial charge in [0.05, 0.1) is 0 Å². The zero-order valence-electron chi connectivity index (χ0n) is 12.8. The van der Waals surface area contributed by atoms with Gasteiger partial charge < -0.3 is 10.2 Å². The maximum absolute atomic E-state index is 11.9. The van der Waals surface area contributed by atoms with Crippen LogP contribution in [0.4, 0.5) is 5.69 Å². The Balaban J connectivity index is 2.49. The van der Waals surface area contributed by atoms with Crippen molar-refractivity contribution in [2.75, 3.05) is 11.9 Å². The summed E-state index contributed by atoms with van der Waals surface area (Å²) in [6, 6.07) is 7.84. The second kappa shape index (κ2) is 7.68. The molecule has 110 valence electrons. The summed E-state index contributed by atoms with van der Waals surface area (Å²) in [5, 5.41) is 2.84. The Labute approximate surface area is 121 Å². The summed E-state index contributed by atoms with van der Waals surface area (Å²) in [6.45, 7) is 8.04. The van der Waals surface area contributed by atoms with Crippen LogP contribution >= 0.6 is 0 Å². The molecule has 1 aromatic carbocycles. The molecule has 1 rings (SSSR count). The van der Waals surface area contributed by atoms with Crippen LogP contribution in [0.25, 0.3) is 0 Å². The first-order valence-corrected chi connectivity index (χ1v) is 7.07. The molecule has 20 heavy (non-hydrogen) atoms. The lowest BCUT2D eigenvalue weighted by molar-refractivity contribution is -0.131. The van der Waals surface area contributed by atoms with Crippen LogP contribution in [0.5, 0.6) is 0 Å². The third-order valence-corrected chi connectivity index (χ3v) is 3.44. The van der Waals surface area contributed by atoms with Crippen molar-refractivity contribution >= 4 is 17.5 Å². The first-order valence-electron chi connectivity index (χ1n) is 7.07. The Kier molecular flexibility index (Phi) is 6.22. The van der Waals surface area contributed by atoms with Gasteiger partial charge in [-0.2, -0.15) is 0 Å². The molecule has 1 aromatic rings. The number of hydrogen-bond acceptors (Lipinski definition) is 2. The lowest BCUT2D eigenvalue weighted by Gasteiger charge is -2.27. The number of carbonyl (C=O) groups is 2. The van der Waals surface area contributed by atoms with Gasteiger partial charge in [-0.3, -0.25) is 9.59 Å². The predicted octanol–water partition coefficient (Wildman–Crippen LogP) is 2.97. The van der Waals surface area contributed by atoms with Crippen molar-refractivity contribution in [3.63, 3.8) is 0 Å². The molecular weight excluding hydrogens is 252 g/mol. The van der Waals surface area contributed by atoms with E-state index in [4.69, 9.17) is 0 Å². The van der Waals surface area contributed by atoms with Crippen LogP contribution in [-0.2, 0) is 9.59 Å². The van der Waals surface area contributed by atoms with Gasteiger partial charge in [0, 0.05) is 31.6 Å². The average Bonchev–Trinajstić information content (AvgIpc) is 2.41. The van der Waals surface area contributed by atoms with Gasteiger partial charge in [-0.25, -0.2) is 0 Å².